The van der Waals surface area contributed by atoms with Crippen LogP contribution in [-0.4, -0.2) is 221 Å². The average Bonchev–Trinajstić information content (AvgIpc) is 3.19. The van der Waals surface area contributed by atoms with Crippen molar-refractivity contribution < 1.29 is 94.5 Å². The van der Waals surface area contributed by atoms with Crippen LogP contribution in [0.1, 0.15) is 0 Å². The Bertz CT molecular complexity index is 635. The number of alkyl halides is 4. The van der Waals surface area contributed by atoms with Gasteiger partial charge in [0.2, 0.25) is 0 Å². The van der Waals surface area contributed by atoms with E-state index in [9.17, 15) is 35.7 Å². The third-order valence-corrected chi connectivity index (χ3v) is 7.99. The molecule has 0 heterocycles. The molecule has 18 nitrogen and oxygen atoms in total. The summed E-state index contributed by atoms with van der Waals surface area (Å²) in [7, 11) is 0. The van der Waals surface area contributed by atoms with Crippen molar-refractivity contribution in [3.63, 3.8) is 0 Å². The molecule has 0 aliphatic heterocycles. The maximum atomic E-state index is 12.7. The molecule has 332 valence electrons. The molecule has 0 aromatic carbocycles. The molecular weight excluding hydrogens is 776 g/mol. The molecule has 0 aliphatic carbocycles. The highest BCUT2D eigenvalue weighted by atomic mass is 19.3. The summed E-state index contributed by atoms with van der Waals surface area (Å²) in [5.41, 5.74) is 0. The van der Waals surface area contributed by atoms with Gasteiger partial charge in [0.1, 0.15) is 0 Å². The zero-order valence-electron chi connectivity index (χ0n) is 31.1. The first-order chi connectivity index (χ1) is 27.0. The molecule has 0 rings (SSSR count). The van der Waals surface area contributed by atoms with Crippen LogP contribution in [0.4, 0.5) is 35.7 Å². The molecule has 0 aromatic rings. The van der Waals surface area contributed by atoms with Crippen molar-refractivity contribution >= 4 is 0 Å². The molecule has 0 bridgehead atoms. The van der Waals surface area contributed by atoms with Crippen LogP contribution < -0.4 is 0 Å². The van der Waals surface area contributed by atoms with Crippen LogP contribution in [0.3, 0.4) is 0 Å². The van der Waals surface area contributed by atoms with E-state index in [-0.39, 0.29) is 79.0 Å². The Labute approximate surface area is 316 Å². The lowest BCUT2D eigenvalue weighted by atomic mass is 10.3. The van der Waals surface area contributed by atoms with E-state index in [0.29, 0.717) is 85.2 Å². The Morgan fingerprint density at radius 3 is 0.655 bits per heavy atom. The van der Waals surface area contributed by atoms with Gasteiger partial charge in [-0.2, -0.15) is 0 Å². The van der Waals surface area contributed by atoms with Gasteiger partial charge < -0.3 is 18.9 Å². The van der Waals surface area contributed by atoms with E-state index in [1.54, 1.807) is 9.80 Å². The van der Waals surface area contributed by atoms with Crippen molar-refractivity contribution in [2.24, 2.45) is 0 Å². The minimum absolute atomic E-state index is 0.0729. The summed E-state index contributed by atoms with van der Waals surface area (Å²) in [5, 5.41) is 12.8. The minimum Gasteiger partial charge on any atom is -0.349 e. The van der Waals surface area contributed by atoms with E-state index in [1.807, 2.05) is 14.7 Å². The normalized spacial score (nSPS) is 12.3. The Kier molecular flexibility index (Phi) is 41.3. The first-order valence-electron chi connectivity index (χ1n) is 17.5. The third-order valence-electron chi connectivity index (χ3n) is 7.99. The van der Waals surface area contributed by atoms with Crippen LogP contribution in [0.2, 0.25) is 0 Å². The zero-order valence-corrected chi connectivity index (χ0v) is 31.1. The number of hydrogen-bond donors (Lipinski definition) is 0. The van der Waals surface area contributed by atoms with Gasteiger partial charge in [0.05, 0.1) is 59.5 Å². The molecule has 0 aromatic heterocycles. The van der Waals surface area contributed by atoms with Gasteiger partial charge in [-0.25, -0.2) is 37.1 Å². The Balaban J connectivity index is 6.28. The van der Waals surface area contributed by atoms with E-state index >= 15 is 0 Å². The van der Waals surface area contributed by atoms with Gasteiger partial charge in [-0.3, -0.25) is 29.4 Å². The average molecular weight is 835 g/mol. The van der Waals surface area contributed by atoms with Crippen LogP contribution in [0, 0.1) is 0 Å². The molecule has 0 saturated heterocycles. The maximum Gasteiger partial charge on any atom is 0.188 e. The largest absolute Gasteiger partial charge is 0.349 e. The van der Waals surface area contributed by atoms with Crippen molar-refractivity contribution in [2.75, 3.05) is 192 Å². The molecule has 0 N–H and O–H groups in total. The van der Waals surface area contributed by atoms with Crippen LogP contribution in [0.15, 0.2) is 0 Å². The maximum absolute atomic E-state index is 12.7. The van der Waals surface area contributed by atoms with Crippen LogP contribution in [0.5, 0.6) is 0 Å². The summed E-state index contributed by atoms with van der Waals surface area (Å²) >= 11 is 0. The molecule has 0 spiro atoms. The summed E-state index contributed by atoms with van der Waals surface area (Å²) in [5.74, 6) is 0. The van der Waals surface area contributed by atoms with E-state index in [2.05, 4.69) is 44.8 Å². The summed E-state index contributed by atoms with van der Waals surface area (Å²) in [6, 6.07) is 0. The second kappa shape index (κ2) is 42.3. The van der Waals surface area contributed by atoms with Crippen molar-refractivity contribution in [1.29, 1.82) is 0 Å². The Morgan fingerprint density at radius 2 is 0.455 bits per heavy atom. The topological polar surface area (TPSA) is 130 Å². The number of nitrogens with zero attached hydrogens (tertiary/aromatic N) is 6. The number of hydrogen-bond acceptors (Lipinski definition) is 18. The van der Waals surface area contributed by atoms with E-state index in [4.69, 9.17) is 18.9 Å². The molecule has 0 fully saturated rings. The van der Waals surface area contributed by atoms with Crippen LogP contribution in [0.25, 0.3) is 0 Å². The van der Waals surface area contributed by atoms with Gasteiger partial charge in [0.15, 0.2) is 27.4 Å². The molecule has 0 saturated carbocycles. The quantitative estimate of drug-likeness (QED) is 0.0291. The Hall–Kier alpha value is -1.28. The van der Waals surface area contributed by atoms with Gasteiger partial charge in [-0.15, -0.1) is 0 Å². The highest BCUT2D eigenvalue weighted by Crippen LogP contribution is 2.04. The summed E-state index contributed by atoms with van der Waals surface area (Å²) < 4.78 is 119. The predicted octanol–water partition coefficient (Wildman–Crippen LogP) is 1.86. The fraction of sp³-hybridized carbons (Fsp3) is 1.00. The highest BCUT2D eigenvalue weighted by molar-refractivity contribution is 4.72. The SMILES string of the molecule is FCOCCN(CCOCF)CCN(CCN(CCOCF)CCOCF)CN(CCN(CCOOF)CCOOF)CCN(CCOOF)CCOOF. The van der Waals surface area contributed by atoms with E-state index in [0.717, 1.165) is 0 Å². The zero-order chi connectivity index (χ0) is 40.5. The minimum atomic E-state index is -0.974. The van der Waals surface area contributed by atoms with Crippen LogP contribution in [-0.2, 0) is 58.9 Å². The Morgan fingerprint density at radius 1 is 0.255 bits per heavy atom. The number of rotatable bonds is 46. The molecule has 55 heavy (non-hydrogen) atoms. The van der Waals surface area contributed by atoms with Gasteiger partial charge in [-0.1, -0.05) is 0 Å². The van der Waals surface area contributed by atoms with Gasteiger partial charge in [0, 0.05) is 105 Å². The monoisotopic (exact) mass is 834 g/mol. The fourth-order valence-corrected chi connectivity index (χ4v) is 5.05. The molecule has 26 heteroatoms. The highest BCUT2D eigenvalue weighted by Gasteiger charge is 2.19. The smallest absolute Gasteiger partial charge is 0.188 e. The lowest BCUT2D eigenvalue weighted by molar-refractivity contribution is -0.432. The van der Waals surface area contributed by atoms with E-state index in [1.165, 1.54) is 0 Å². The lowest BCUT2D eigenvalue weighted by Gasteiger charge is -2.36. The fourth-order valence-electron chi connectivity index (χ4n) is 5.05. The summed E-state index contributed by atoms with van der Waals surface area (Å²) in [6.45, 7) is 0.845. The first-order valence-corrected chi connectivity index (χ1v) is 17.5. The van der Waals surface area contributed by atoms with Crippen molar-refractivity contribution in [3.05, 3.63) is 0 Å². The van der Waals surface area contributed by atoms with Gasteiger partial charge >= 0.3 is 0 Å². The molecule has 0 atom stereocenters. The standard InChI is InChI=1S/C29H58F8N6O12/c30-25-44-17-9-38(10-18-45-26-31)1-5-42(6-2-39(11-19-46-27-32)12-20-47-28-33)29-43(7-3-40(13-21-48-52-34)14-22-49-53-35)8-4-41(15-23-50-54-36)16-24-51-55-37/h1-29H2. The van der Waals surface area contributed by atoms with Crippen molar-refractivity contribution in [2.45, 2.75) is 0 Å². The molecule has 0 aliphatic rings. The molecule has 0 unspecified atom stereocenters. The number of ether oxygens (including phenoxy) is 4. The van der Waals surface area contributed by atoms with E-state index < -0.39 is 27.4 Å². The predicted molar refractivity (Wildman–Crippen MR) is 174 cm³/mol. The number of halogens is 8. The third kappa shape index (κ3) is 34.5. The lowest BCUT2D eigenvalue weighted by Crippen LogP contribution is -2.50. The molecule has 0 amide bonds. The van der Waals surface area contributed by atoms with Crippen molar-refractivity contribution in [3.8, 4) is 0 Å². The van der Waals surface area contributed by atoms with Gasteiger partial charge in [0.25, 0.3) is 0 Å². The molecule has 0 radical (unpaired) electrons. The van der Waals surface area contributed by atoms with Gasteiger partial charge in [-0.05, 0) is 38.5 Å². The summed E-state index contributed by atoms with van der Waals surface area (Å²) in [6.07, 6.45) is 0. The second-order valence-corrected chi connectivity index (χ2v) is 11.4. The van der Waals surface area contributed by atoms with Crippen molar-refractivity contribution in [1.82, 2.24) is 29.4 Å². The summed E-state index contributed by atoms with van der Waals surface area (Å²) in [4.78, 5) is 28.9. The first kappa shape index (κ1) is 53.7. The molecular formula is C29H58F8N6O12. The van der Waals surface area contributed by atoms with Crippen LogP contribution >= 0.6 is 0 Å². The second-order valence-electron chi connectivity index (χ2n) is 11.4.